The summed E-state index contributed by atoms with van der Waals surface area (Å²) in [6.45, 7) is 6.05. The van der Waals surface area contributed by atoms with Gasteiger partial charge in [0.25, 0.3) is 5.91 Å². The van der Waals surface area contributed by atoms with Crippen molar-refractivity contribution in [2.75, 3.05) is 5.73 Å². The second-order valence-corrected chi connectivity index (χ2v) is 9.03. The Kier molecular flexibility index (Phi) is 5.11. The average Bonchev–Trinajstić information content (AvgIpc) is 3.33. The third-order valence-electron chi connectivity index (χ3n) is 5.75. The normalized spacial score (nSPS) is 20.4. The molecule has 1 amide bonds. The predicted octanol–water partition coefficient (Wildman–Crippen LogP) is 4.07. The second kappa shape index (κ2) is 7.51. The minimum Gasteiger partial charge on any atom is -0.457 e. The van der Waals surface area contributed by atoms with Crippen molar-refractivity contribution in [2.45, 2.75) is 38.4 Å². The zero-order valence-corrected chi connectivity index (χ0v) is 18.3. The highest BCUT2D eigenvalue weighted by molar-refractivity contribution is 7.12. The van der Waals surface area contributed by atoms with Gasteiger partial charge in [-0.25, -0.2) is 0 Å². The summed E-state index contributed by atoms with van der Waals surface area (Å²) < 4.78 is 5.84. The molecule has 31 heavy (non-hydrogen) atoms. The molecule has 0 radical (unpaired) electrons. The van der Waals surface area contributed by atoms with Crippen molar-refractivity contribution < 1.29 is 19.4 Å². The summed E-state index contributed by atoms with van der Waals surface area (Å²) >= 11 is 1.38. The van der Waals surface area contributed by atoms with Gasteiger partial charge in [-0.15, -0.1) is 11.3 Å². The lowest BCUT2D eigenvalue weighted by Gasteiger charge is -2.22. The number of benzene rings is 2. The van der Waals surface area contributed by atoms with Crippen molar-refractivity contribution in [1.82, 2.24) is 0 Å². The number of hydrogen-bond donors (Lipinski definition) is 3. The highest BCUT2D eigenvalue weighted by Gasteiger charge is 2.59. The van der Waals surface area contributed by atoms with Gasteiger partial charge in [-0.05, 0) is 47.5 Å². The maximum Gasteiger partial charge on any atom is 0.259 e. The number of amides is 1. The maximum atomic E-state index is 12.8. The molecule has 7 heteroatoms. The fraction of sp³-hybridized carbons (Fsp3) is 0.250. The maximum absolute atomic E-state index is 12.8. The largest absolute Gasteiger partial charge is 0.457 e. The molecule has 2 aromatic carbocycles. The van der Waals surface area contributed by atoms with Crippen molar-refractivity contribution in [3.63, 3.8) is 0 Å². The molecular formula is C24H24N2O4S. The topological polar surface area (TPSA) is 116 Å². The van der Waals surface area contributed by atoms with E-state index >= 15 is 0 Å². The van der Waals surface area contributed by atoms with Gasteiger partial charge in [-0.2, -0.15) is 0 Å². The van der Waals surface area contributed by atoms with Crippen LogP contribution in [0.15, 0.2) is 47.8 Å². The number of anilines is 1. The van der Waals surface area contributed by atoms with Crippen LogP contribution in [0, 0.1) is 6.92 Å². The first-order valence-electron chi connectivity index (χ1n) is 9.97. The molecule has 160 valence electrons. The molecule has 5 N–H and O–H groups in total. The number of Topliss-reactive ketones (excluding diaryl/α,β-unsaturated/α-hetero) is 1. The number of rotatable bonds is 2. The van der Waals surface area contributed by atoms with Crippen LogP contribution in [0.5, 0.6) is 5.75 Å². The van der Waals surface area contributed by atoms with Gasteiger partial charge in [0, 0.05) is 16.8 Å². The quantitative estimate of drug-likeness (QED) is 0.524. The number of thiophene rings is 1. The van der Waals surface area contributed by atoms with Crippen LogP contribution < -0.4 is 16.2 Å². The molecule has 0 saturated heterocycles. The molecule has 0 saturated carbocycles. The van der Waals surface area contributed by atoms with E-state index in [0.717, 1.165) is 16.7 Å². The molecule has 2 unspecified atom stereocenters. The monoisotopic (exact) mass is 436 g/mol. The van der Waals surface area contributed by atoms with Crippen LogP contribution in [-0.2, 0) is 5.79 Å². The van der Waals surface area contributed by atoms with E-state index < -0.39 is 11.7 Å². The predicted molar refractivity (Wildman–Crippen MR) is 121 cm³/mol. The minimum atomic E-state index is -1.64. The van der Waals surface area contributed by atoms with E-state index in [1.165, 1.54) is 11.3 Å². The number of ether oxygens (including phenoxy) is 1. The number of aryl methyl sites for hydroxylation is 1. The van der Waals surface area contributed by atoms with Gasteiger partial charge in [0.1, 0.15) is 11.7 Å². The van der Waals surface area contributed by atoms with Crippen molar-refractivity contribution >= 4 is 28.7 Å². The Bertz CT molecular complexity index is 1200. The lowest BCUT2D eigenvalue weighted by atomic mass is 9.91. The molecule has 1 aliphatic heterocycles. The van der Waals surface area contributed by atoms with E-state index in [9.17, 15) is 14.7 Å². The molecule has 5 rings (SSSR count). The van der Waals surface area contributed by atoms with Crippen LogP contribution in [0.4, 0.5) is 5.69 Å². The summed E-state index contributed by atoms with van der Waals surface area (Å²) in [6, 6.07) is 12.8. The van der Waals surface area contributed by atoms with Gasteiger partial charge >= 0.3 is 0 Å². The van der Waals surface area contributed by atoms with E-state index in [-0.39, 0.29) is 11.7 Å². The minimum absolute atomic E-state index is 0.174. The van der Waals surface area contributed by atoms with Gasteiger partial charge in [-0.3, -0.25) is 9.59 Å². The lowest BCUT2D eigenvalue weighted by molar-refractivity contribution is -0.134. The van der Waals surface area contributed by atoms with E-state index in [2.05, 4.69) is 13.8 Å². The summed E-state index contributed by atoms with van der Waals surface area (Å²) in [4.78, 5) is 23.9. The summed E-state index contributed by atoms with van der Waals surface area (Å²) in [6.07, 6.45) is 0. The summed E-state index contributed by atoms with van der Waals surface area (Å²) in [5.74, 6) is -1.94. The van der Waals surface area contributed by atoms with Crippen molar-refractivity contribution in [3.05, 3.63) is 80.5 Å². The summed E-state index contributed by atoms with van der Waals surface area (Å²) in [5.41, 5.74) is 15.0. The first-order valence-corrected chi connectivity index (χ1v) is 10.9. The number of nitrogens with two attached hydrogens (primary N) is 2. The standard InChI is InChI=1S/C18H17NO3.C6H7NOS/c1-9(2)10-6-7-11-14(8-10)22-18(21)12-4-3-5-13(19)15(12)17(20)16(11)18;1-4-2-3-9-5(4)6(7)8/h3-9,16,21H,19H2,1-2H3;2-3H,1H3,(H2,7,8). The van der Waals surface area contributed by atoms with Crippen LogP contribution >= 0.6 is 11.3 Å². The SMILES string of the molecule is CC(C)c1ccc2c(c1)OC1(O)c3cccc(N)c3C(=O)C21.Cc1ccsc1C(N)=O. The Balaban J connectivity index is 0.000000217. The number of carbonyl (C=O) groups is 2. The molecule has 0 bridgehead atoms. The number of aliphatic hydroxyl groups is 1. The van der Waals surface area contributed by atoms with Crippen LogP contribution in [0.1, 0.15) is 68.0 Å². The lowest BCUT2D eigenvalue weighted by Crippen LogP contribution is -2.32. The Labute approximate surface area is 184 Å². The first kappa shape index (κ1) is 21.1. The van der Waals surface area contributed by atoms with Gasteiger partial charge in [0.15, 0.2) is 5.78 Å². The smallest absolute Gasteiger partial charge is 0.259 e. The van der Waals surface area contributed by atoms with E-state index in [4.69, 9.17) is 16.2 Å². The zero-order valence-electron chi connectivity index (χ0n) is 17.5. The van der Waals surface area contributed by atoms with Crippen LogP contribution in [0.25, 0.3) is 0 Å². The number of primary amides is 1. The molecule has 1 aliphatic carbocycles. The van der Waals surface area contributed by atoms with E-state index in [1.807, 2.05) is 36.6 Å². The molecule has 0 fully saturated rings. The molecule has 0 spiro atoms. The third kappa shape index (κ3) is 3.30. The van der Waals surface area contributed by atoms with E-state index in [1.54, 1.807) is 18.2 Å². The zero-order chi connectivity index (χ0) is 22.5. The number of ketones is 1. The summed E-state index contributed by atoms with van der Waals surface area (Å²) in [7, 11) is 0. The van der Waals surface area contributed by atoms with Crippen molar-refractivity contribution in [1.29, 1.82) is 0 Å². The molecule has 2 aliphatic rings. The van der Waals surface area contributed by atoms with Crippen molar-refractivity contribution in [2.24, 2.45) is 5.73 Å². The Morgan fingerprint density at radius 3 is 2.55 bits per heavy atom. The highest BCUT2D eigenvalue weighted by Crippen LogP contribution is 2.56. The second-order valence-electron chi connectivity index (χ2n) is 8.11. The number of hydrogen-bond acceptors (Lipinski definition) is 6. The van der Waals surface area contributed by atoms with Gasteiger partial charge in [0.05, 0.1) is 10.4 Å². The molecule has 3 aromatic rings. The van der Waals surface area contributed by atoms with Crippen LogP contribution in [0.3, 0.4) is 0 Å². The Morgan fingerprint density at radius 1 is 1.23 bits per heavy atom. The van der Waals surface area contributed by atoms with Crippen molar-refractivity contribution in [3.8, 4) is 5.75 Å². The third-order valence-corrected chi connectivity index (χ3v) is 6.78. The van der Waals surface area contributed by atoms with Gasteiger partial charge < -0.3 is 21.3 Å². The molecular weight excluding hydrogens is 412 g/mol. The Hall–Kier alpha value is -3.16. The van der Waals surface area contributed by atoms with Gasteiger partial charge in [-0.1, -0.05) is 38.1 Å². The van der Waals surface area contributed by atoms with Gasteiger partial charge in [0.2, 0.25) is 5.79 Å². The molecule has 2 heterocycles. The highest BCUT2D eigenvalue weighted by atomic mass is 32.1. The molecule has 2 atom stereocenters. The fourth-order valence-corrected chi connectivity index (χ4v) is 4.90. The first-order chi connectivity index (χ1) is 14.6. The van der Waals surface area contributed by atoms with Crippen LogP contribution in [0.2, 0.25) is 0 Å². The molecule has 6 nitrogen and oxygen atoms in total. The average molecular weight is 437 g/mol. The van der Waals surface area contributed by atoms with E-state index in [0.29, 0.717) is 33.4 Å². The number of nitrogen functional groups attached to an aromatic ring is 1. The van der Waals surface area contributed by atoms with Crippen LogP contribution in [-0.4, -0.2) is 16.8 Å². The Morgan fingerprint density at radius 2 is 1.97 bits per heavy atom. The molecule has 1 aromatic heterocycles. The fourth-order valence-electron chi connectivity index (χ4n) is 4.12. The summed E-state index contributed by atoms with van der Waals surface area (Å²) in [5, 5.41) is 12.9. The number of carbonyl (C=O) groups excluding carboxylic acids is 2. The number of fused-ring (bicyclic) bond motifs is 5.